The van der Waals surface area contributed by atoms with Crippen molar-refractivity contribution in [3.63, 3.8) is 0 Å². The predicted octanol–water partition coefficient (Wildman–Crippen LogP) is 2.85. The fraction of sp³-hybridized carbons (Fsp3) is 0.533. The van der Waals surface area contributed by atoms with Gasteiger partial charge in [-0.3, -0.25) is 4.79 Å². The number of aryl methyl sites for hydroxylation is 2. The van der Waals surface area contributed by atoms with Crippen LogP contribution in [0.25, 0.3) is 0 Å². The van der Waals surface area contributed by atoms with E-state index in [1.165, 1.54) is 5.56 Å². The molecule has 1 aromatic rings. The molecule has 0 spiro atoms. The Kier molecular flexibility index (Phi) is 5.86. The van der Waals surface area contributed by atoms with Crippen LogP contribution < -0.4 is 5.32 Å². The fourth-order valence-corrected chi connectivity index (χ4v) is 1.76. The number of carbonyl (C=O) groups is 1. The summed E-state index contributed by atoms with van der Waals surface area (Å²) < 4.78 is 5.42. The summed E-state index contributed by atoms with van der Waals surface area (Å²) in [5.41, 5.74) is 2.95. The molecule has 1 aromatic carbocycles. The van der Waals surface area contributed by atoms with E-state index in [4.69, 9.17) is 4.74 Å². The molecular weight excluding hydrogens is 226 g/mol. The van der Waals surface area contributed by atoms with Gasteiger partial charge in [0.2, 0.25) is 0 Å². The molecule has 0 aromatic heterocycles. The summed E-state index contributed by atoms with van der Waals surface area (Å²) in [5.74, 6) is -0.00273. The molecule has 0 aliphatic rings. The third-order valence-corrected chi connectivity index (χ3v) is 2.68. The van der Waals surface area contributed by atoms with Gasteiger partial charge in [0.1, 0.15) is 0 Å². The van der Waals surface area contributed by atoms with Gasteiger partial charge in [-0.1, -0.05) is 17.7 Å². The average molecular weight is 249 g/mol. The van der Waals surface area contributed by atoms with E-state index in [0.717, 1.165) is 17.5 Å². The molecule has 3 heteroatoms. The Morgan fingerprint density at radius 3 is 2.67 bits per heavy atom. The molecule has 1 amide bonds. The van der Waals surface area contributed by atoms with Crippen molar-refractivity contribution in [1.29, 1.82) is 0 Å². The van der Waals surface area contributed by atoms with Crippen molar-refractivity contribution in [2.45, 2.75) is 40.2 Å². The van der Waals surface area contributed by atoms with Crippen molar-refractivity contribution in [2.75, 3.05) is 13.2 Å². The first-order valence-electron chi connectivity index (χ1n) is 6.47. The van der Waals surface area contributed by atoms with Crippen LogP contribution in [0.1, 0.15) is 41.8 Å². The summed E-state index contributed by atoms with van der Waals surface area (Å²) in [4.78, 5) is 11.9. The van der Waals surface area contributed by atoms with Crippen LogP contribution in [0.4, 0.5) is 0 Å². The molecule has 18 heavy (non-hydrogen) atoms. The van der Waals surface area contributed by atoms with Gasteiger partial charge in [-0.05, 0) is 45.7 Å². The molecule has 3 nitrogen and oxygen atoms in total. The topological polar surface area (TPSA) is 38.3 Å². The first-order valence-corrected chi connectivity index (χ1v) is 6.47. The highest BCUT2D eigenvalue weighted by molar-refractivity contribution is 5.95. The second-order valence-corrected chi connectivity index (χ2v) is 4.85. The van der Waals surface area contributed by atoms with Crippen molar-refractivity contribution in [3.8, 4) is 0 Å². The summed E-state index contributed by atoms with van der Waals surface area (Å²) in [7, 11) is 0. The minimum atomic E-state index is -0.00273. The van der Waals surface area contributed by atoms with Crippen LogP contribution in [0.5, 0.6) is 0 Å². The number of carbonyl (C=O) groups excluding carboxylic acids is 1. The Morgan fingerprint density at radius 1 is 1.33 bits per heavy atom. The third kappa shape index (κ3) is 4.88. The number of hydrogen-bond donors (Lipinski definition) is 1. The Hall–Kier alpha value is -1.35. The number of amides is 1. The molecule has 0 aliphatic heterocycles. The maximum Gasteiger partial charge on any atom is 0.251 e. The maximum absolute atomic E-state index is 11.9. The molecule has 0 unspecified atom stereocenters. The van der Waals surface area contributed by atoms with Crippen molar-refractivity contribution in [2.24, 2.45) is 0 Å². The molecule has 0 aliphatic carbocycles. The van der Waals surface area contributed by atoms with Crippen LogP contribution in [0.2, 0.25) is 0 Å². The number of benzene rings is 1. The highest BCUT2D eigenvalue weighted by Crippen LogP contribution is 2.10. The summed E-state index contributed by atoms with van der Waals surface area (Å²) >= 11 is 0. The van der Waals surface area contributed by atoms with Crippen molar-refractivity contribution in [3.05, 3.63) is 34.9 Å². The quantitative estimate of drug-likeness (QED) is 0.787. The lowest BCUT2D eigenvalue weighted by atomic mass is 10.1. The zero-order valence-corrected chi connectivity index (χ0v) is 11.7. The predicted molar refractivity (Wildman–Crippen MR) is 74.0 cm³/mol. The first-order chi connectivity index (χ1) is 8.50. The van der Waals surface area contributed by atoms with E-state index < -0.39 is 0 Å². The molecule has 100 valence electrons. The van der Waals surface area contributed by atoms with Gasteiger partial charge in [-0.2, -0.15) is 0 Å². The largest absolute Gasteiger partial charge is 0.379 e. The van der Waals surface area contributed by atoms with Gasteiger partial charge in [-0.15, -0.1) is 0 Å². The third-order valence-electron chi connectivity index (χ3n) is 2.68. The highest BCUT2D eigenvalue weighted by Gasteiger charge is 2.07. The van der Waals surface area contributed by atoms with Gasteiger partial charge in [0, 0.05) is 18.7 Å². The lowest BCUT2D eigenvalue weighted by molar-refractivity contribution is 0.0757. The Balaban J connectivity index is 2.36. The summed E-state index contributed by atoms with van der Waals surface area (Å²) in [6.07, 6.45) is 1.09. The molecule has 1 N–H and O–H groups in total. The van der Waals surface area contributed by atoms with E-state index in [1.54, 1.807) is 0 Å². The molecular formula is C15H23NO2. The fourth-order valence-electron chi connectivity index (χ4n) is 1.76. The SMILES string of the molecule is Cc1ccc(C(=O)NCCCOC(C)C)c(C)c1. The number of ether oxygens (including phenoxy) is 1. The van der Waals surface area contributed by atoms with Gasteiger partial charge in [-0.25, -0.2) is 0 Å². The molecule has 0 bridgehead atoms. The smallest absolute Gasteiger partial charge is 0.251 e. The van der Waals surface area contributed by atoms with Crippen LogP contribution in [-0.2, 0) is 4.74 Å². The van der Waals surface area contributed by atoms with Gasteiger partial charge >= 0.3 is 0 Å². The van der Waals surface area contributed by atoms with Gasteiger partial charge in [0.05, 0.1) is 6.10 Å². The summed E-state index contributed by atoms with van der Waals surface area (Å²) in [6.45, 7) is 9.34. The Morgan fingerprint density at radius 2 is 2.06 bits per heavy atom. The Bertz CT molecular complexity index is 399. The van der Waals surface area contributed by atoms with Crippen LogP contribution in [0.15, 0.2) is 18.2 Å². The van der Waals surface area contributed by atoms with Gasteiger partial charge in [0.15, 0.2) is 0 Å². The lowest BCUT2D eigenvalue weighted by Crippen LogP contribution is -2.26. The Labute approximate surface area is 110 Å². The highest BCUT2D eigenvalue weighted by atomic mass is 16.5. The van der Waals surface area contributed by atoms with Crippen LogP contribution in [0.3, 0.4) is 0 Å². The zero-order chi connectivity index (χ0) is 13.5. The van der Waals surface area contributed by atoms with Crippen molar-refractivity contribution in [1.82, 2.24) is 5.32 Å². The second kappa shape index (κ2) is 7.17. The van der Waals surface area contributed by atoms with Gasteiger partial charge < -0.3 is 10.1 Å². The number of hydrogen-bond acceptors (Lipinski definition) is 2. The molecule has 0 radical (unpaired) electrons. The standard InChI is InChI=1S/C15H23NO2/c1-11(2)18-9-5-8-16-15(17)14-7-6-12(3)10-13(14)4/h6-7,10-11H,5,8-9H2,1-4H3,(H,16,17). The van der Waals surface area contributed by atoms with E-state index in [-0.39, 0.29) is 12.0 Å². The monoisotopic (exact) mass is 249 g/mol. The minimum absolute atomic E-state index is 0.00273. The van der Waals surface area contributed by atoms with Crippen molar-refractivity contribution >= 4 is 5.91 Å². The molecule has 0 saturated carbocycles. The number of nitrogens with one attached hydrogen (secondary N) is 1. The van der Waals surface area contributed by atoms with E-state index in [9.17, 15) is 4.79 Å². The second-order valence-electron chi connectivity index (χ2n) is 4.85. The molecule has 0 saturated heterocycles. The number of rotatable bonds is 6. The summed E-state index contributed by atoms with van der Waals surface area (Å²) in [5, 5.41) is 2.91. The van der Waals surface area contributed by atoms with E-state index in [0.29, 0.717) is 13.2 Å². The molecule has 1 rings (SSSR count). The molecule has 0 heterocycles. The zero-order valence-electron chi connectivity index (χ0n) is 11.7. The van der Waals surface area contributed by atoms with E-state index in [2.05, 4.69) is 5.32 Å². The van der Waals surface area contributed by atoms with Crippen LogP contribution >= 0.6 is 0 Å². The first kappa shape index (κ1) is 14.7. The van der Waals surface area contributed by atoms with Gasteiger partial charge in [0.25, 0.3) is 5.91 Å². The normalized spacial score (nSPS) is 10.7. The van der Waals surface area contributed by atoms with Crippen molar-refractivity contribution < 1.29 is 9.53 Å². The minimum Gasteiger partial charge on any atom is -0.379 e. The molecule has 0 fully saturated rings. The van der Waals surface area contributed by atoms with E-state index >= 15 is 0 Å². The lowest BCUT2D eigenvalue weighted by Gasteiger charge is -2.10. The average Bonchev–Trinajstić information content (AvgIpc) is 2.27. The van der Waals surface area contributed by atoms with E-state index in [1.807, 2.05) is 45.9 Å². The maximum atomic E-state index is 11.9. The summed E-state index contributed by atoms with van der Waals surface area (Å²) in [6, 6.07) is 5.87. The van der Waals surface area contributed by atoms with Crippen LogP contribution in [-0.4, -0.2) is 25.2 Å². The van der Waals surface area contributed by atoms with Crippen LogP contribution in [0, 0.1) is 13.8 Å². The molecule has 0 atom stereocenters.